The Kier molecular flexibility index (Phi) is 30.1. The van der Waals surface area contributed by atoms with Crippen molar-refractivity contribution in [3.8, 4) is 12.8 Å². The minimum atomic E-state index is -0.951. The second-order valence-corrected chi connectivity index (χ2v) is 12.3. The molecule has 1 N–H and O–H groups in total. The summed E-state index contributed by atoms with van der Waals surface area (Å²) in [6.45, 7) is 16.5. The molecule has 1 aromatic heterocycles. The lowest BCUT2D eigenvalue weighted by Gasteiger charge is -2.26. The molecule has 0 atom stereocenters. The second-order valence-electron chi connectivity index (χ2n) is 12.3. The molecule has 1 heterocycles. The number of aromatic carboxylic acids is 1. The highest BCUT2D eigenvalue weighted by molar-refractivity contribution is 5.87. The zero-order valence-corrected chi connectivity index (χ0v) is 30.6. The molecule has 1 saturated carbocycles. The largest absolute Gasteiger partial charge is 0.478 e. The Labute approximate surface area is 283 Å². The lowest BCUT2D eigenvalue weighted by atomic mass is 9.80. The number of likely N-dealkylation sites (N-methyl/N-ethyl adjacent to an activating group) is 1. The highest BCUT2D eigenvalue weighted by atomic mass is 19.1. The molecule has 5 heteroatoms. The van der Waals surface area contributed by atoms with Crippen molar-refractivity contribution in [3.05, 3.63) is 77.4 Å². The molecule has 4 nitrogen and oxygen atoms in total. The topological polar surface area (TPSA) is 53.4 Å². The Balaban J connectivity index is 0. The van der Waals surface area contributed by atoms with Crippen LogP contribution in [0.4, 0.5) is 4.39 Å². The number of hydrogen-bond donors (Lipinski definition) is 1. The number of carbonyl (C=O) groups is 1. The van der Waals surface area contributed by atoms with Gasteiger partial charge in [-0.25, -0.2) is 9.18 Å². The van der Waals surface area contributed by atoms with Crippen molar-refractivity contribution in [1.82, 2.24) is 9.88 Å². The van der Waals surface area contributed by atoms with Gasteiger partial charge in [0.2, 0.25) is 0 Å². The standard InChI is InChI=1S/C16H17FN2O2.C14H28.C7H14.C2H6.C2H2/c1-19(9-7-12-2-4-14(17)5-3-12)11-15-10-13(16(20)21)6-8-18-15;1-3-8-13(9-4-2)12-14-10-6-5-7-11-14;1-4-5-6-7(2)3;2*1-2/h2-6,8,10H,7,9,11H2,1H3,(H,20,21);13-14H,3-12H2,1-2H3;4-5,7H,6H2,1-3H3;1-2H3;1-2H/b;;5-4+;;. The van der Waals surface area contributed by atoms with E-state index in [4.69, 9.17) is 5.11 Å². The van der Waals surface area contributed by atoms with E-state index in [9.17, 15) is 9.18 Å². The van der Waals surface area contributed by atoms with E-state index in [1.54, 1.807) is 24.6 Å². The first-order valence-electron chi connectivity index (χ1n) is 17.7. The lowest BCUT2D eigenvalue weighted by Crippen LogP contribution is -2.21. The van der Waals surface area contributed by atoms with Crippen LogP contribution in [0.5, 0.6) is 0 Å². The molecule has 1 aliphatic carbocycles. The van der Waals surface area contributed by atoms with Crippen LogP contribution in [-0.4, -0.2) is 34.6 Å². The third kappa shape index (κ3) is 24.3. The highest BCUT2D eigenvalue weighted by Crippen LogP contribution is 2.32. The van der Waals surface area contributed by atoms with Gasteiger partial charge in [-0.15, -0.1) is 12.8 Å². The summed E-state index contributed by atoms with van der Waals surface area (Å²) < 4.78 is 12.8. The first kappa shape index (κ1) is 45.2. The molecule has 260 valence electrons. The van der Waals surface area contributed by atoms with Crippen molar-refractivity contribution in [2.45, 2.75) is 132 Å². The molecule has 1 aliphatic rings. The summed E-state index contributed by atoms with van der Waals surface area (Å²) in [5.74, 6) is 1.77. The van der Waals surface area contributed by atoms with Gasteiger partial charge < -0.3 is 10.0 Å². The first-order chi connectivity index (χ1) is 22.2. The number of allylic oxidation sites excluding steroid dienone is 2. The van der Waals surface area contributed by atoms with Gasteiger partial charge in [-0.2, -0.15) is 0 Å². The van der Waals surface area contributed by atoms with E-state index in [0.717, 1.165) is 42.0 Å². The molecule has 0 aliphatic heterocycles. The van der Waals surface area contributed by atoms with Gasteiger partial charge in [0.15, 0.2) is 0 Å². The third-order valence-corrected chi connectivity index (χ3v) is 7.82. The summed E-state index contributed by atoms with van der Waals surface area (Å²) in [5.41, 5.74) is 2.03. The Hall–Kier alpha value is -2.97. The van der Waals surface area contributed by atoms with Crippen molar-refractivity contribution < 1.29 is 14.3 Å². The number of terminal acetylenes is 1. The van der Waals surface area contributed by atoms with Crippen molar-refractivity contribution in [1.29, 1.82) is 0 Å². The molecule has 0 bridgehead atoms. The van der Waals surface area contributed by atoms with Crippen LogP contribution in [0.25, 0.3) is 0 Å². The number of benzene rings is 1. The van der Waals surface area contributed by atoms with Crippen molar-refractivity contribution in [2.24, 2.45) is 17.8 Å². The smallest absolute Gasteiger partial charge is 0.335 e. The fraction of sp³-hybridized carbons (Fsp3) is 0.610. The lowest BCUT2D eigenvalue weighted by molar-refractivity contribution is 0.0696. The van der Waals surface area contributed by atoms with Crippen LogP contribution in [0.2, 0.25) is 0 Å². The van der Waals surface area contributed by atoms with E-state index in [-0.39, 0.29) is 11.4 Å². The summed E-state index contributed by atoms with van der Waals surface area (Å²) in [4.78, 5) is 17.1. The number of carboxylic acid groups (broad SMARTS) is 1. The third-order valence-electron chi connectivity index (χ3n) is 7.82. The van der Waals surface area contributed by atoms with Gasteiger partial charge >= 0.3 is 5.97 Å². The Morgan fingerprint density at radius 3 is 2.11 bits per heavy atom. The van der Waals surface area contributed by atoms with Gasteiger partial charge in [-0.1, -0.05) is 124 Å². The monoisotopic (exact) mass is 639 g/mol. The normalized spacial score (nSPS) is 12.7. The maximum Gasteiger partial charge on any atom is 0.335 e. The minimum absolute atomic E-state index is 0.234. The molecule has 3 rings (SSSR count). The fourth-order valence-corrected chi connectivity index (χ4v) is 5.52. The Bertz CT molecular complexity index is 1020. The number of pyridine rings is 1. The number of rotatable bonds is 14. The molecule has 0 amide bonds. The molecule has 0 saturated heterocycles. The van der Waals surface area contributed by atoms with Gasteiger partial charge in [0.25, 0.3) is 0 Å². The SMILES string of the molecule is C#C.C/C=C/CC(C)C.CC.CCCC(CCC)CC1CCCCC1.CN(CCc1ccc(F)cc1)Cc1cc(C(=O)O)ccn1. The number of nitrogens with zero attached hydrogens (tertiary/aromatic N) is 2. The number of halogens is 1. The van der Waals surface area contributed by atoms with Gasteiger partial charge in [-0.3, -0.25) is 4.98 Å². The second kappa shape index (κ2) is 30.7. The average Bonchev–Trinajstić information content (AvgIpc) is 3.07. The zero-order valence-electron chi connectivity index (χ0n) is 30.6. The summed E-state index contributed by atoms with van der Waals surface area (Å²) in [7, 11) is 1.94. The van der Waals surface area contributed by atoms with E-state index >= 15 is 0 Å². The number of aromatic nitrogens is 1. The highest BCUT2D eigenvalue weighted by Gasteiger charge is 2.17. The summed E-state index contributed by atoms with van der Waals surface area (Å²) in [6.07, 6.45) is 30.7. The minimum Gasteiger partial charge on any atom is -0.478 e. The molecule has 1 aromatic carbocycles. The Morgan fingerprint density at radius 1 is 1.04 bits per heavy atom. The maximum absolute atomic E-state index is 12.8. The first-order valence-corrected chi connectivity index (χ1v) is 17.7. The van der Waals surface area contributed by atoms with Gasteiger partial charge in [0.1, 0.15) is 5.82 Å². The molecule has 1 fully saturated rings. The van der Waals surface area contributed by atoms with E-state index in [2.05, 4.69) is 69.5 Å². The molecule has 0 unspecified atom stereocenters. The number of hydrogen-bond acceptors (Lipinski definition) is 3. The predicted molar refractivity (Wildman–Crippen MR) is 198 cm³/mol. The van der Waals surface area contributed by atoms with Crippen LogP contribution in [0.1, 0.15) is 141 Å². The van der Waals surface area contributed by atoms with Crippen LogP contribution in [0, 0.1) is 36.4 Å². The van der Waals surface area contributed by atoms with E-state index in [1.807, 2.05) is 20.9 Å². The van der Waals surface area contributed by atoms with Gasteiger partial charge in [0, 0.05) is 19.3 Å². The number of carboxylic acids is 1. The molecular weight excluding hydrogens is 571 g/mol. The van der Waals surface area contributed by atoms with Crippen LogP contribution in [0.15, 0.2) is 54.7 Å². The summed E-state index contributed by atoms with van der Waals surface area (Å²) in [5, 5.41) is 8.95. The summed E-state index contributed by atoms with van der Waals surface area (Å²) >= 11 is 0. The fourth-order valence-electron chi connectivity index (χ4n) is 5.52. The van der Waals surface area contributed by atoms with Gasteiger partial charge in [-0.05, 0) is 80.8 Å². The average molecular weight is 639 g/mol. The maximum atomic E-state index is 12.8. The molecule has 0 spiro atoms. The quantitative estimate of drug-likeness (QED) is 0.165. The van der Waals surface area contributed by atoms with Gasteiger partial charge in [0.05, 0.1) is 11.3 Å². The van der Waals surface area contributed by atoms with Crippen LogP contribution in [-0.2, 0) is 13.0 Å². The Morgan fingerprint density at radius 2 is 1.63 bits per heavy atom. The summed E-state index contributed by atoms with van der Waals surface area (Å²) in [6, 6.07) is 9.50. The molecule has 46 heavy (non-hydrogen) atoms. The zero-order chi connectivity index (χ0) is 35.2. The van der Waals surface area contributed by atoms with Crippen LogP contribution in [0.3, 0.4) is 0 Å². The molecule has 0 radical (unpaired) electrons. The van der Waals surface area contributed by atoms with E-state index in [0.29, 0.717) is 6.54 Å². The van der Waals surface area contributed by atoms with Crippen LogP contribution >= 0.6 is 0 Å². The van der Waals surface area contributed by atoms with E-state index in [1.165, 1.54) is 88.6 Å². The molecule has 2 aromatic rings. The van der Waals surface area contributed by atoms with Crippen molar-refractivity contribution >= 4 is 5.97 Å². The molecular formula is C41H67FN2O2. The van der Waals surface area contributed by atoms with E-state index < -0.39 is 5.97 Å². The van der Waals surface area contributed by atoms with Crippen molar-refractivity contribution in [3.63, 3.8) is 0 Å². The van der Waals surface area contributed by atoms with Crippen molar-refractivity contribution in [2.75, 3.05) is 13.6 Å². The predicted octanol–water partition coefficient (Wildman–Crippen LogP) is 11.7. The van der Waals surface area contributed by atoms with Crippen LogP contribution < -0.4 is 0 Å².